The van der Waals surface area contributed by atoms with Crippen LogP contribution < -0.4 is 43.2 Å². The molecule has 430 valence electrons. The lowest BCUT2D eigenvalue weighted by molar-refractivity contribution is -0.134. The number of fused-ring (bicyclic) bond motifs is 3. The molecule has 1 fully saturated rings. The zero-order chi connectivity index (χ0) is 56.8. The van der Waals surface area contributed by atoms with Crippen molar-refractivity contribution in [3.8, 4) is 17.5 Å². The van der Waals surface area contributed by atoms with Gasteiger partial charge in [0.25, 0.3) is 0 Å². The molecule has 7 rings (SSSR count). The summed E-state index contributed by atoms with van der Waals surface area (Å²) >= 11 is 0. The Bertz CT molecular complexity index is 2940. The highest BCUT2D eigenvalue weighted by molar-refractivity contribution is 5.93. The number of aromatic amines is 1. The van der Waals surface area contributed by atoms with E-state index in [9.17, 15) is 28.8 Å². The van der Waals surface area contributed by atoms with Crippen LogP contribution in [0.5, 0.6) is 17.5 Å². The summed E-state index contributed by atoms with van der Waals surface area (Å²) in [5.74, 6) is 4.68. The zero-order valence-electron chi connectivity index (χ0n) is 45.5. The van der Waals surface area contributed by atoms with Crippen molar-refractivity contribution in [2.45, 2.75) is 103 Å². The fourth-order valence-electron chi connectivity index (χ4n) is 8.91. The van der Waals surface area contributed by atoms with Crippen LogP contribution in [-0.4, -0.2) is 126 Å². The largest absolute Gasteiger partial charge is 0.463 e. The third-order valence-corrected chi connectivity index (χ3v) is 13.5. The van der Waals surface area contributed by atoms with Gasteiger partial charge in [-0.1, -0.05) is 68.5 Å². The summed E-state index contributed by atoms with van der Waals surface area (Å²) in [4.78, 5) is 96.1. The number of aromatic nitrogens is 4. The number of nitrogens with one attached hydrogen (secondary N) is 3. The summed E-state index contributed by atoms with van der Waals surface area (Å²) in [6, 6.07) is 19.1. The first-order chi connectivity index (χ1) is 38.7. The number of allylic oxidation sites excluding steroid dienone is 1. The number of ether oxygens (including phenoxy) is 6. The highest BCUT2D eigenvalue weighted by Gasteiger charge is 2.34. The van der Waals surface area contributed by atoms with Crippen molar-refractivity contribution in [1.29, 1.82) is 0 Å². The van der Waals surface area contributed by atoms with Crippen LogP contribution in [0.4, 0.5) is 15.4 Å². The Morgan fingerprint density at radius 3 is 2.27 bits per heavy atom. The standard InChI is InChI=1S/C57H74N10O13/c1-37(2)46(33-44(68)21-24-74-25-26-75-27-28-76-29-30-79-60)53(70)62-47(8-6-22-61-54(59)71)48(69)32-38-9-11-40(12-10-38)36-78-57(73)66(43-16-17-43)34-39-13-18-45(19-14-39)80-49-20-15-41-31-42(49)7-4-3-5-23-77-55-64-51(58)50-52(65-55)67(35-41)56(72)63-50/h3-4,9-15,18-20,31,37,43,46-47H,5-8,16-17,21-30,32-36,60H2,1-2H3,(H,62,70)(H,63,72)(H2,58,64,65)(H3,59,61,71)/b4-3+/t46-,47-/m0/s1. The van der Waals surface area contributed by atoms with Gasteiger partial charge in [-0.3, -0.25) is 19.0 Å². The molecule has 2 atom stereocenters. The van der Waals surface area contributed by atoms with Gasteiger partial charge < -0.3 is 65.2 Å². The Morgan fingerprint density at radius 1 is 0.875 bits per heavy atom. The molecule has 0 radical (unpaired) electrons. The molecule has 23 nitrogen and oxygen atoms in total. The first-order valence-corrected chi connectivity index (χ1v) is 27.1. The number of rotatable bonds is 31. The minimum absolute atomic E-state index is 0.000685. The molecule has 1 aliphatic carbocycles. The SMILES string of the molecule is CC(C)[C@H](CC(=O)CCOCCOCCOCCON)C(=O)N[C@@H](CCCNC(N)=O)C(=O)Cc1ccc(COC(=O)N(Cc2ccc(Oc3ccc4cc3C/C=C/CCOc3nc(N)c5[nH]c(=O)n(c5n3)C4)cc2)C2CC2)cc1. The van der Waals surface area contributed by atoms with Gasteiger partial charge in [0, 0.05) is 44.3 Å². The number of urea groups is 1. The quantitative estimate of drug-likeness (QED) is 0.0185. The van der Waals surface area contributed by atoms with Gasteiger partial charge in [0.15, 0.2) is 17.2 Å². The Balaban J connectivity index is 0.889. The van der Waals surface area contributed by atoms with Crippen LogP contribution >= 0.6 is 0 Å². The first-order valence-electron chi connectivity index (χ1n) is 27.1. The molecule has 23 heteroatoms. The second kappa shape index (κ2) is 30.6. The van der Waals surface area contributed by atoms with Crippen LogP contribution in [0, 0.1) is 11.8 Å². The lowest BCUT2D eigenvalue weighted by Gasteiger charge is -2.24. The van der Waals surface area contributed by atoms with E-state index >= 15 is 0 Å². The Kier molecular flexibility index (Phi) is 22.9. The highest BCUT2D eigenvalue weighted by Crippen LogP contribution is 2.32. The number of nitrogen functional groups attached to an aromatic ring is 1. The summed E-state index contributed by atoms with van der Waals surface area (Å²) in [6.07, 6.45) is 7.23. The van der Waals surface area contributed by atoms with Gasteiger partial charge >= 0.3 is 23.8 Å². The molecular weight excluding hydrogens is 1030 g/mol. The van der Waals surface area contributed by atoms with E-state index < -0.39 is 30.0 Å². The third-order valence-electron chi connectivity index (χ3n) is 13.5. The second-order valence-corrected chi connectivity index (χ2v) is 20.0. The second-order valence-electron chi connectivity index (χ2n) is 20.0. The van der Waals surface area contributed by atoms with Crippen LogP contribution in [-0.2, 0) is 70.7 Å². The molecule has 0 unspecified atom stereocenters. The van der Waals surface area contributed by atoms with Crippen LogP contribution in [0.25, 0.3) is 11.2 Å². The van der Waals surface area contributed by atoms with E-state index in [-0.39, 0.29) is 93.0 Å². The number of benzene rings is 3. The smallest absolute Gasteiger partial charge is 0.410 e. The fourth-order valence-corrected chi connectivity index (χ4v) is 8.91. The normalized spacial score (nSPS) is 14.4. The molecule has 5 aromatic rings. The molecule has 4 amide bonds. The Morgan fingerprint density at radius 2 is 1.57 bits per heavy atom. The molecule has 3 heterocycles. The summed E-state index contributed by atoms with van der Waals surface area (Å²) in [5.41, 5.74) is 15.8. The lowest BCUT2D eigenvalue weighted by atomic mass is 9.88. The summed E-state index contributed by atoms with van der Waals surface area (Å²) in [7, 11) is 0. The molecule has 2 aliphatic rings. The molecule has 2 aromatic heterocycles. The van der Waals surface area contributed by atoms with Crippen LogP contribution in [0.15, 0.2) is 83.7 Å². The molecule has 9 N–H and O–H groups in total. The number of H-pyrrole nitrogens is 1. The van der Waals surface area contributed by atoms with Gasteiger partial charge in [0.2, 0.25) is 5.91 Å². The van der Waals surface area contributed by atoms with E-state index in [0.29, 0.717) is 100 Å². The van der Waals surface area contributed by atoms with Crippen molar-refractivity contribution >= 4 is 46.6 Å². The maximum atomic E-state index is 13.8. The number of nitrogens with two attached hydrogens (primary N) is 3. The van der Waals surface area contributed by atoms with Crippen molar-refractivity contribution in [1.82, 2.24) is 35.1 Å². The molecule has 4 bridgehead atoms. The number of anilines is 1. The molecule has 1 saturated carbocycles. The van der Waals surface area contributed by atoms with Crippen molar-refractivity contribution in [3.63, 3.8) is 0 Å². The molecule has 1 aliphatic heterocycles. The van der Waals surface area contributed by atoms with Crippen LogP contribution in [0.3, 0.4) is 0 Å². The van der Waals surface area contributed by atoms with Gasteiger partial charge in [-0.2, -0.15) is 9.97 Å². The topological polar surface area (TPSA) is 319 Å². The van der Waals surface area contributed by atoms with E-state index in [1.165, 1.54) is 4.57 Å². The number of primary amides is 1. The number of carbonyl (C=O) groups excluding carboxylic acids is 5. The van der Waals surface area contributed by atoms with Gasteiger partial charge in [0.1, 0.15) is 29.4 Å². The zero-order valence-corrected chi connectivity index (χ0v) is 45.5. The van der Waals surface area contributed by atoms with Crippen molar-refractivity contribution < 1.29 is 57.2 Å². The van der Waals surface area contributed by atoms with Gasteiger partial charge in [-0.15, -0.1) is 0 Å². The highest BCUT2D eigenvalue weighted by atomic mass is 16.6. The minimum atomic E-state index is -0.893. The maximum absolute atomic E-state index is 13.8. The van der Waals surface area contributed by atoms with Gasteiger partial charge in [-0.25, -0.2) is 20.3 Å². The van der Waals surface area contributed by atoms with Gasteiger partial charge in [0.05, 0.1) is 65.4 Å². The number of carbonyl (C=O) groups is 5. The average molecular weight is 1110 g/mol. The first kappa shape index (κ1) is 60.0. The number of amides is 4. The van der Waals surface area contributed by atoms with Crippen molar-refractivity contribution in [3.05, 3.63) is 117 Å². The molecule has 0 saturated heterocycles. The summed E-state index contributed by atoms with van der Waals surface area (Å²) in [6.45, 7) is 7.04. The van der Waals surface area contributed by atoms with Gasteiger partial charge in [-0.05, 0) is 96.5 Å². The van der Waals surface area contributed by atoms with E-state index in [4.69, 9.17) is 45.8 Å². The number of ketones is 2. The fraction of sp³-hybridized carbons (Fsp3) is 0.474. The monoisotopic (exact) mass is 1110 g/mol. The van der Waals surface area contributed by atoms with Crippen molar-refractivity contribution in [2.24, 2.45) is 23.5 Å². The number of hydrogen-bond donors (Lipinski definition) is 6. The van der Waals surface area contributed by atoms with Crippen LogP contribution in [0.2, 0.25) is 0 Å². The molecule has 3 aromatic carbocycles. The van der Waals surface area contributed by atoms with E-state index in [1.54, 1.807) is 29.2 Å². The van der Waals surface area contributed by atoms with E-state index in [0.717, 1.165) is 35.1 Å². The maximum Gasteiger partial charge on any atom is 0.410 e. The summed E-state index contributed by atoms with van der Waals surface area (Å²) < 4.78 is 35.8. The van der Waals surface area contributed by atoms with E-state index in [1.807, 2.05) is 68.5 Å². The number of imidazole rings is 1. The minimum Gasteiger partial charge on any atom is -0.463 e. The molecule has 0 spiro atoms. The van der Waals surface area contributed by atoms with Crippen LogP contribution in [0.1, 0.15) is 86.6 Å². The average Bonchev–Trinajstić information content (AvgIpc) is 4.24. The number of Topliss-reactive ketones (excluding diaryl/α,β-unsaturated/α-hetero) is 2. The Labute approximate surface area is 464 Å². The third kappa shape index (κ3) is 18.7. The lowest BCUT2D eigenvalue weighted by Crippen LogP contribution is -2.46. The molecular formula is C57H74N10O13. The van der Waals surface area contributed by atoms with E-state index in [2.05, 4.69) is 30.4 Å². The summed E-state index contributed by atoms with van der Waals surface area (Å²) in [5, 5.41) is 5.42. The predicted octanol–water partition coefficient (Wildman–Crippen LogP) is 5.33. The molecule has 80 heavy (non-hydrogen) atoms. The predicted molar refractivity (Wildman–Crippen MR) is 295 cm³/mol. The number of nitrogens with zero attached hydrogens (tertiary/aromatic N) is 4. The van der Waals surface area contributed by atoms with Crippen molar-refractivity contribution in [2.75, 3.05) is 65.1 Å². The Hall–Kier alpha value is -7.70. The number of hydrogen-bond acceptors (Lipinski definition) is 17.